The minimum absolute atomic E-state index is 0.0517. The van der Waals surface area contributed by atoms with Gasteiger partial charge >= 0.3 is 0 Å². The molecule has 0 saturated heterocycles. The monoisotopic (exact) mass is 205 g/mol. The lowest BCUT2D eigenvalue weighted by molar-refractivity contribution is 0.605. The number of rotatable bonds is 1. The van der Waals surface area contributed by atoms with Crippen LogP contribution >= 0.6 is 10.7 Å². The summed E-state index contributed by atoms with van der Waals surface area (Å²) in [4.78, 5) is 3.69. The molecule has 0 spiro atoms. The molecule has 0 bridgehead atoms. The van der Waals surface area contributed by atoms with Crippen molar-refractivity contribution in [2.45, 2.75) is 18.9 Å². The van der Waals surface area contributed by atoms with E-state index in [-0.39, 0.29) is 5.03 Å². The van der Waals surface area contributed by atoms with E-state index < -0.39 is 9.05 Å². The van der Waals surface area contributed by atoms with Gasteiger partial charge < -0.3 is 0 Å². The summed E-state index contributed by atoms with van der Waals surface area (Å²) >= 11 is 0. The van der Waals surface area contributed by atoms with Gasteiger partial charge in [0.15, 0.2) is 5.03 Å². The lowest BCUT2D eigenvalue weighted by atomic mass is 10.2. The average molecular weight is 206 g/mol. The Morgan fingerprint density at radius 2 is 2.00 bits per heavy atom. The second-order valence-corrected chi connectivity index (χ2v) is 4.98. The molecule has 0 saturated carbocycles. The van der Waals surface area contributed by atoms with E-state index in [1.54, 1.807) is 13.0 Å². The molecule has 0 aliphatic rings. The maximum atomic E-state index is 10.9. The number of aromatic nitrogens is 1. The summed E-state index contributed by atoms with van der Waals surface area (Å²) in [5.41, 5.74) is 1.47. The molecule has 0 radical (unpaired) electrons. The van der Waals surface area contributed by atoms with Crippen LogP contribution in [0.4, 0.5) is 0 Å². The van der Waals surface area contributed by atoms with Gasteiger partial charge in [0, 0.05) is 16.9 Å². The van der Waals surface area contributed by atoms with E-state index in [0.717, 1.165) is 5.56 Å². The van der Waals surface area contributed by atoms with E-state index in [0.29, 0.717) is 5.56 Å². The first-order chi connectivity index (χ1) is 5.43. The van der Waals surface area contributed by atoms with Crippen molar-refractivity contribution in [2.24, 2.45) is 0 Å². The molecular formula is C7H8ClNO2S. The standard InChI is InChI=1S/C7H8ClNO2S/c1-5-3-4-9-7(6(5)2)12(8,10)11/h3-4H,1-2H3. The zero-order chi connectivity index (χ0) is 9.35. The highest BCUT2D eigenvalue weighted by atomic mass is 35.7. The average Bonchev–Trinajstić information content (AvgIpc) is 1.92. The minimum Gasteiger partial charge on any atom is -0.243 e. The van der Waals surface area contributed by atoms with E-state index in [1.807, 2.05) is 6.92 Å². The van der Waals surface area contributed by atoms with Crippen molar-refractivity contribution in [3.05, 3.63) is 23.4 Å². The molecule has 1 heterocycles. The first-order valence-corrected chi connectivity index (χ1v) is 5.60. The Morgan fingerprint density at radius 1 is 1.42 bits per heavy atom. The van der Waals surface area contributed by atoms with Crippen LogP contribution in [0.2, 0.25) is 0 Å². The number of nitrogens with zero attached hydrogens (tertiary/aromatic N) is 1. The smallest absolute Gasteiger partial charge is 0.243 e. The van der Waals surface area contributed by atoms with E-state index in [2.05, 4.69) is 4.98 Å². The Hall–Kier alpha value is -0.610. The second kappa shape index (κ2) is 3.03. The highest BCUT2D eigenvalue weighted by Crippen LogP contribution is 2.18. The summed E-state index contributed by atoms with van der Waals surface area (Å²) in [5, 5.41) is -0.0517. The van der Waals surface area contributed by atoms with Crippen LogP contribution in [0.3, 0.4) is 0 Å². The first-order valence-electron chi connectivity index (χ1n) is 3.30. The molecule has 0 unspecified atom stereocenters. The Morgan fingerprint density at radius 3 is 2.42 bits per heavy atom. The van der Waals surface area contributed by atoms with Gasteiger partial charge in [0.25, 0.3) is 9.05 Å². The molecule has 1 rings (SSSR count). The number of halogens is 1. The van der Waals surface area contributed by atoms with Crippen LogP contribution in [0.5, 0.6) is 0 Å². The van der Waals surface area contributed by atoms with Crippen molar-refractivity contribution in [3.8, 4) is 0 Å². The maximum absolute atomic E-state index is 10.9. The summed E-state index contributed by atoms with van der Waals surface area (Å²) in [6.45, 7) is 3.49. The summed E-state index contributed by atoms with van der Waals surface area (Å²) in [6.07, 6.45) is 1.43. The fourth-order valence-electron chi connectivity index (χ4n) is 0.853. The molecule has 5 heteroatoms. The van der Waals surface area contributed by atoms with Gasteiger partial charge in [-0.1, -0.05) is 0 Å². The third kappa shape index (κ3) is 1.76. The van der Waals surface area contributed by atoms with Gasteiger partial charge in [-0.2, -0.15) is 0 Å². The first kappa shape index (κ1) is 9.48. The Bertz CT molecular complexity index is 400. The normalized spacial score (nSPS) is 11.6. The second-order valence-electron chi connectivity index (χ2n) is 2.50. The fraction of sp³-hybridized carbons (Fsp3) is 0.286. The highest BCUT2D eigenvalue weighted by Gasteiger charge is 2.15. The van der Waals surface area contributed by atoms with E-state index >= 15 is 0 Å². The molecule has 0 aromatic carbocycles. The van der Waals surface area contributed by atoms with E-state index in [4.69, 9.17) is 10.7 Å². The van der Waals surface area contributed by atoms with Crippen molar-refractivity contribution in [2.75, 3.05) is 0 Å². The van der Waals surface area contributed by atoms with Gasteiger partial charge in [0.2, 0.25) is 0 Å². The summed E-state index contributed by atoms with van der Waals surface area (Å²) in [6, 6.07) is 1.74. The zero-order valence-electron chi connectivity index (χ0n) is 6.70. The molecule has 0 atom stereocenters. The van der Waals surface area contributed by atoms with Crippen molar-refractivity contribution in [3.63, 3.8) is 0 Å². The third-order valence-corrected chi connectivity index (χ3v) is 2.97. The van der Waals surface area contributed by atoms with Crippen LogP contribution in [0.1, 0.15) is 11.1 Å². The number of hydrogen-bond donors (Lipinski definition) is 0. The lowest BCUT2D eigenvalue weighted by Gasteiger charge is -2.02. The molecule has 0 fully saturated rings. The van der Waals surface area contributed by atoms with E-state index in [1.165, 1.54) is 6.20 Å². The molecule has 1 aromatic rings. The summed E-state index contributed by atoms with van der Waals surface area (Å²) in [7, 11) is 1.45. The maximum Gasteiger partial charge on any atom is 0.278 e. The zero-order valence-corrected chi connectivity index (χ0v) is 8.28. The Kier molecular flexibility index (Phi) is 2.39. The van der Waals surface area contributed by atoms with Crippen molar-refractivity contribution in [1.29, 1.82) is 0 Å². The number of hydrogen-bond acceptors (Lipinski definition) is 3. The van der Waals surface area contributed by atoms with Crippen LogP contribution in [0.25, 0.3) is 0 Å². The molecule has 3 nitrogen and oxygen atoms in total. The van der Waals surface area contributed by atoms with Crippen LogP contribution in [-0.4, -0.2) is 13.4 Å². The molecule has 12 heavy (non-hydrogen) atoms. The molecule has 0 aliphatic heterocycles. The fourth-order valence-corrected chi connectivity index (χ4v) is 2.03. The van der Waals surface area contributed by atoms with Gasteiger partial charge in [-0.3, -0.25) is 0 Å². The van der Waals surface area contributed by atoms with Crippen LogP contribution < -0.4 is 0 Å². The quantitative estimate of drug-likeness (QED) is 0.655. The molecule has 0 N–H and O–H groups in total. The SMILES string of the molecule is Cc1ccnc(S(=O)(=O)Cl)c1C. The van der Waals surface area contributed by atoms with Crippen molar-refractivity contribution < 1.29 is 8.42 Å². The predicted molar refractivity (Wildman–Crippen MR) is 46.7 cm³/mol. The topological polar surface area (TPSA) is 47.0 Å². The lowest BCUT2D eigenvalue weighted by Crippen LogP contribution is -1.99. The number of pyridine rings is 1. The van der Waals surface area contributed by atoms with Gasteiger partial charge in [-0.25, -0.2) is 13.4 Å². The van der Waals surface area contributed by atoms with Crippen molar-refractivity contribution in [1.82, 2.24) is 4.98 Å². The Labute approximate surface area is 75.8 Å². The molecule has 1 aromatic heterocycles. The molecule has 0 aliphatic carbocycles. The summed E-state index contributed by atoms with van der Waals surface area (Å²) < 4.78 is 21.8. The van der Waals surface area contributed by atoms with Gasteiger partial charge in [0.05, 0.1) is 0 Å². The van der Waals surface area contributed by atoms with Crippen molar-refractivity contribution >= 4 is 19.7 Å². The largest absolute Gasteiger partial charge is 0.278 e. The van der Waals surface area contributed by atoms with Gasteiger partial charge in [-0.05, 0) is 31.0 Å². The number of aryl methyl sites for hydroxylation is 1. The van der Waals surface area contributed by atoms with Crippen LogP contribution in [0.15, 0.2) is 17.3 Å². The van der Waals surface area contributed by atoms with Gasteiger partial charge in [-0.15, -0.1) is 0 Å². The Balaban J connectivity index is 3.47. The highest BCUT2D eigenvalue weighted by molar-refractivity contribution is 8.13. The molecule has 66 valence electrons. The third-order valence-electron chi connectivity index (χ3n) is 1.66. The van der Waals surface area contributed by atoms with Gasteiger partial charge in [0.1, 0.15) is 0 Å². The predicted octanol–water partition coefficient (Wildman–Crippen LogP) is 1.63. The van der Waals surface area contributed by atoms with Crippen LogP contribution in [0, 0.1) is 13.8 Å². The summed E-state index contributed by atoms with van der Waals surface area (Å²) in [5.74, 6) is 0. The minimum atomic E-state index is -3.69. The van der Waals surface area contributed by atoms with Crippen LogP contribution in [-0.2, 0) is 9.05 Å². The molecular weight excluding hydrogens is 198 g/mol. The van der Waals surface area contributed by atoms with E-state index in [9.17, 15) is 8.42 Å². The molecule has 0 amide bonds.